The Kier molecular flexibility index (Phi) is 3.25. The molecule has 5 atom stereocenters. The minimum Gasteiger partial charge on any atom is -0.394 e. The van der Waals surface area contributed by atoms with E-state index in [0.717, 1.165) is 0 Å². The molecular weight excluding hydrogens is 230 g/mol. The summed E-state index contributed by atoms with van der Waals surface area (Å²) in [6.45, 7) is -0.453. The Morgan fingerprint density at radius 1 is 1.29 bits per heavy atom. The molecule has 94 valence electrons. The van der Waals surface area contributed by atoms with E-state index in [2.05, 4.69) is 5.32 Å². The van der Waals surface area contributed by atoms with Gasteiger partial charge in [-0.25, -0.2) is 0 Å². The molecule has 0 aromatic rings. The predicted molar refractivity (Wildman–Crippen MR) is 53.5 cm³/mol. The molecule has 0 aliphatic carbocycles. The molecule has 0 saturated carbocycles. The van der Waals surface area contributed by atoms with E-state index in [9.17, 15) is 19.8 Å². The molecule has 0 spiro atoms. The van der Waals surface area contributed by atoms with Crippen LogP contribution in [0.2, 0.25) is 0 Å². The van der Waals surface area contributed by atoms with Gasteiger partial charge in [0.1, 0.15) is 24.4 Å². The van der Waals surface area contributed by atoms with Crippen molar-refractivity contribution in [3.63, 3.8) is 0 Å². The molecule has 2 rings (SSSR count). The van der Waals surface area contributed by atoms with Crippen LogP contribution in [0.5, 0.6) is 0 Å². The lowest BCUT2D eigenvalue weighted by molar-refractivity contribution is -0.135. The second-order valence-corrected chi connectivity index (χ2v) is 4.04. The average molecular weight is 243 g/mol. The highest BCUT2D eigenvalue weighted by Gasteiger charge is 2.47. The van der Waals surface area contributed by atoms with E-state index in [4.69, 9.17) is 9.84 Å². The van der Waals surface area contributed by atoms with Crippen LogP contribution in [0.3, 0.4) is 0 Å². The summed E-state index contributed by atoms with van der Waals surface area (Å²) in [5, 5.41) is 30.2. The molecule has 2 aliphatic rings. The second-order valence-electron chi connectivity index (χ2n) is 4.04. The van der Waals surface area contributed by atoms with Gasteiger partial charge in [-0.3, -0.25) is 14.9 Å². The molecule has 2 unspecified atom stereocenters. The maximum atomic E-state index is 11.5. The zero-order valence-electron chi connectivity index (χ0n) is 8.81. The lowest BCUT2D eigenvalue weighted by atomic mass is 9.93. The SMILES string of the molecule is O=C1C=CC([C@@H]2OC(CO)[C@@H](O)[C@H]2O)C(=O)N1. The van der Waals surface area contributed by atoms with Gasteiger partial charge in [-0.05, 0) is 0 Å². The van der Waals surface area contributed by atoms with Gasteiger partial charge in [-0.15, -0.1) is 0 Å². The first-order chi connectivity index (χ1) is 8.04. The molecule has 0 bridgehead atoms. The predicted octanol–water partition coefficient (Wildman–Crippen LogP) is -2.70. The maximum Gasteiger partial charge on any atom is 0.250 e. The molecule has 1 fully saturated rings. The van der Waals surface area contributed by atoms with Gasteiger partial charge in [0.15, 0.2) is 0 Å². The van der Waals surface area contributed by atoms with Gasteiger partial charge in [0.25, 0.3) is 0 Å². The molecule has 2 amide bonds. The van der Waals surface area contributed by atoms with Crippen LogP contribution in [-0.4, -0.2) is 58.2 Å². The highest BCUT2D eigenvalue weighted by atomic mass is 16.6. The molecule has 7 nitrogen and oxygen atoms in total. The molecule has 2 aliphatic heterocycles. The summed E-state index contributed by atoms with van der Waals surface area (Å²) in [4.78, 5) is 22.4. The van der Waals surface area contributed by atoms with Gasteiger partial charge < -0.3 is 20.1 Å². The Bertz CT molecular complexity index is 368. The van der Waals surface area contributed by atoms with Gasteiger partial charge in [-0.2, -0.15) is 0 Å². The third kappa shape index (κ3) is 2.09. The van der Waals surface area contributed by atoms with E-state index in [1.165, 1.54) is 12.2 Å². The third-order valence-corrected chi connectivity index (χ3v) is 2.94. The first-order valence-corrected chi connectivity index (χ1v) is 5.20. The van der Waals surface area contributed by atoms with Crippen molar-refractivity contribution in [1.82, 2.24) is 5.32 Å². The topological polar surface area (TPSA) is 116 Å². The van der Waals surface area contributed by atoms with Crippen LogP contribution in [0.1, 0.15) is 0 Å². The number of aliphatic hydroxyl groups excluding tert-OH is 3. The molecule has 0 aromatic heterocycles. The zero-order valence-corrected chi connectivity index (χ0v) is 8.81. The summed E-state index contributed by atoms with van der Waals surface area (Å²) in [7, 11) is 0. The standard InChI is InChI=1S/C10H13NO6/c12-3-5-7(14)8(15)9(17-5)4-1-2-6(13)11-10(4)16/h1-2,4-5,7-9,12,14-15H,3H2,(H,11,13,16)/t4?,5?,7-,8-,9+/m1/s1. The number of carbonyl (C=O) groups excluding carboxylic acids is 2. The fourth-order valence-electron chi connectivity index (χ4n) is 2.01. The number of amides is 2. The molecule has 0 aromatic carbocycles. The lowest BCUT2D eigenvalue weighted by Crippen LogP contribution is -2.46. The van der Waals surface area contributed by atoms with Crippen LogP contribution >= 0.6 is 0 Å². The van der Waals surface area contributed by atoms with E-state index < -0.39 is 48.8 Å². The van der Waals surface area contributed by atoms with Crippen molar-refractivity contribution in [3.05, 3.63) is 12.2 Å². The van der Waals surface area contributed by atoms with Crippen molar-refractivity contribution in [2.24, 2.45) is 5.92 Å². The smallest absolute Gasteiger partial charge is 0.250 e. The Morgan fingerprint density at radius 3 is 2.53 bits per heavy atom. The van der Waals surface area contributed by atoms with Gasteiger partial charge in [-0.1, -0.05) is 6.08 Å². The van der Waals surface area contributed by atoms with E-state index in [1.807, 2.05) is 0 Å². The number of hydrogen-bond acceptors (Lipinski definition) is 6. The Morgan fingerprint density at radius 2 is 2.00 bits per heavy atom. The maximum absolute atomic E-state index is 11.5. The normalized spacial score (nSPS) is 41.7. The molecule has 17 heavy (non-hydrogen) atoms. The summed E-state index contributed by atoms with van der Waals surface area (Å²) >= 11 is 0. The summed E-state index contributed by atoms with van der Waals surface area (Å²) in [6.07, 6.45) is -1.92. The van der Waals surface area contributed by atoms with Crippen molar-refractivity contribution in [1.29, 1.82) is 0 Å². The summed E-state index contributed by atoms with van der Waals surface area (Å²) in [5.74, 6) is -1.97. The van der Waals surface area contributed by atoms with Crippen LogP contribution < -0.4 is 5.32 Å². The average Bonchev–Trinajstić information content (AvgIpc) is 2.57. The van der Waals surface area contributed by atoms with Crippen molar-refractivity contribution in [2.45, 2.75) is 24.4 Å². The van der Waals surface area contributed by atoms with E-state index in [-0.39, 0.29) is 0 Å². The third-order valence-electron chi connectivity index (χ3n) is 2.94. The van der Waals surface area contributed by atoms with Gasteiger partial charge in [0.2, 0.25) is 11.8 Å². The molecule has 7 heteroatoms. The van der Waals surface area contributed by atoms with Crippen molar-refractivity contribution < 1.29 is 29.6 Å². The minimum atomic E-state index is -1.28. The Hall–Kier alpha value is -1.28. The van der Waals surface area contributed by atoms with Crippen molar-refractivity contribution in [2.75, 3.05) is 6.61 Å². The molecule has 1 saturated heterocycles. The number of rotatable bonds is 2. The fraction of sp³-hybridized carbons (Fsp3) is 0.600. The monoisotopic (exact) mass is 243 g/mol. The highest BCUT2D eigenvalue weighted by molar-refractivity contribution is 6.05. The van der Waals surface area contributed by atoms with Crippen LogP contribution in [-0.2, 0) is 14.3 Å². The fourth-order valence-corrected chi connectivity index (χ4v) is 2.01. The summed E-state index contributed by atoms with van der Waals surface area (Å²) in [6, 6.07) is 0. The Labute approximate surface area is 96.7 Å². The number of imide groups is 1. The van der Waals surface area contributed by atoms with Gasteiger partial charge in [0.05, 0.1) is 12.5 Å². The Balaban J connectivity index is 2.16. The van der Waals surface area contributed by atoms with Crippen molar-refractivity contribution >= 4 is 11.8 Å². The largest absolute Gasteiger partial charge is 0.394 e. The highest BCUT2D eigenvalue weighted by Crippen LogP contribution is 2.28. The number of nitrogens with one attached hydrogen (secondary N) is 1. The van der Waals surface area contributed by atoms with Crippen molar-refractivity contribution in [3.8, 4) is 0 Å². The quantitative estimate of drug-likeness (QED) is 0.392. The number of ether oxygens (including phenoxy) is 1. The first-order valence-electron chi connectivity index (χ1n) is 5.20. The molecule has 0 radical (unpaired) electrons. The first kappa shape index (κ1) is 12.2. The van der Waals surface area contributed by atoms with Gasteiger partial charge in [0, 0.05) is 6.08 Å². The molecule has 4 N–H and O–H groups in total. The number of aliphatic hydroxyl groups is 3. The number of carbonyl (C=O) groups is 2. The van der Waals surface area contributed by atoms with Crippen LogP contribution in [0.25, 0.3) is 0 Å². The molecular formula is C10H13NO6. The lowest BCUT2D eigenvalue weighted by Gasteiger charge is -2.23. The summed E-state index contributed by atoms with van der Waals surface area (Å²) in [5.41, 5.74) is 0. The summed E-state index contributed by atoms with van der Waals surface area (Å²) < 4.78 is 5.21. The van der Waals surface area contributed by atoms with Crippen LogP contribution in [0.15, 0.2) is 12.2 Å². The van der Waals surface area contributed by atoms with E-state index in [0.29, 0.717) is 0 Å². The van der Waals surface area contributed by atoms with E-state index in [1.54, 1.807) is 0 Å². The number of hydrogen-bond donors (Lipinski definition) is 4. The molecule has 2 heterocycles. The van der Waals surface area contributed by atoms with Crippen LogP contribution in [0.4, 0.5) is 0 Å². The minimum absolute atomic E-state index is 0.453. The van der Waals surface area contributed by atoms with E-state index >= 15 is 0 Å². The van der Waals surface area contributed by atoms with Crippen LogP contribution in [0, 0.1) is 5.92 Å². The van der Waals surface area contributed by atoms with Gasteiger partial charge >= 0.3 is 0 Å². The zero-order chi connectivity index (χ0) is 12.6. The second kappa shape index (κ2) is 4.53.